The van der Waals surface area contributed by atoms with Crippen LogP contribution in [0.25, 0.3) is 11.0 Å². The largest absolute Gasteiger partial charge is 0.484 e. The van der Waals surface area contributed by atoms with Crippen molar-refractivity contribution < 1.29 is 13.9 Å². The summed E-state index contributed by atoms with van der Waals surface area (Å²) in [6.07, 6.45) is 4.72. The van der Waals surface area contributed by atoms with Gasteiger partial charge in [0.05, 0.1) is 11.7 Å². The summed E-state index contributed by atoms with van der Waals surface area (Å²) in [5.74, 6) is 0.427. The fourth-order valence-corrected chi connectivity index (χ4v) is 3.47. The first-order valence-electron chi connectivity index (χ1n) is 9.08. The van der Waals surface area contributed by atoms with Crippen LogP contribution in [0.5, 0.6) is 5.75 Å². The molecule has 1 atom stereocenters. The number of benzene rings is 1. The lowest BCUT2D eigenvalue weighted by atomic mass is 9.99. The van der Waals surface area contributed by atoms with Gasteiger partial charge in [-0.2, -0.15) is 0 Å². The average Bonchev–Trinajstić information content (AvgIpc) is 2.72. The number of carbonyl (C=O) groups excluding carboxylic acids is 1. The molecule has 1 fully saturated rings. The van der Waals surface area contributed by atoms with Crippen molar-refractivity contribution in [1.29, 1.82) is 0 Å². The second-order valence-electron chi connectivity index (χ2n) is 6.60. The molecule has 0 saturated carbocycles. The topological polar surface area (TPSA) is 72.6 Å². The molecule has 1 amide bonds. The van der Waals surface area contributed by atoms with Crippen LogP contribution in [0.1, 0.15) is 31.0 Å². The number of hydrogen-bond donors (Lipinski definition) is 0. The second kappa shape index (κ2) is 7.61. The highest BCUT2D eigenvalue weighted by atomic mass is 16.5. The van der Waals surface area contributed by atoms with Crippen LogP contribution in [0.4, 0.5) is 0 Å². The fraction of sp³-hybridized carbons (Fsp3) is 0.286. The van der Waals surface area contributed by atoms with E-state index in [1.165, 1.54) is 6.07 Å². The van der Waals surface area contributed by atoms with Crippen LogP contribution >= 0.6 is 0 Å². The number of rotatable bonds is 4. The third-order valence-electron chi connectivity index (χ3n) is 4.81. The van der Waals surface area contributed by atoms with E-state index in [-0.39, 0.29) is 18.6 Å². The summed E-state index contributed by atoms with van der Waals surface area (Å²) in [6, 6.07) is 14.0. The monoisotopic (exact) mass is 364 g/mol. The van der Waals surface area contributed by atoms with E-state index in [0.29, 0.717) is 17.9 Å². The van der Waals surface area contributed by atoms with Gasteiger partial charge < -0.3 is 14.1 Å². The van der Waals surface area contributed by atoms with Crippen molar-refractivity contribution in [2.75, 3.05) is 13.2 Å². The van der Waals surface area contributed by atoms with Crippen molar-refractivity contribution in [2.45, 2.75) is 25.3 Å². The van der Waals surface area contributed by atoms with E-state index >= 15 is 0 Å². The van der Waals surface area contributed by atoms with E-state index in [0.717, 1.165) is 30.3 Å². The molecule has 3 aromatic rings. The SMILES string of the molecule is O=C(COc1ccc2ccc(=O)oc2c1)N1CCCCC1c1ccccn1. The number of fused-ring (bicyclic) bond motifs is 1. The van der Waals surface area contributed by atoms with E-state index in [9.17, 15) is 9.59 Å². The minimum atomic E-state index is -0.415. The Morgan fingerprint density at radius 3 is 2.93 bits per heavy atom. The highest BCUT2D eigenvalue weighted by molar-refractivity contribution is 5.79. The molecule has 0 spiro atoms. The number of pyridine rings is 1. The quantitative estimate of drug-likeness (QED) is 0.664. The molecule has 4 rings (SSSR count). The Kier molecular flexibility index (Phi) is 4.87. The number of likely N-dealkylation sites (tertiary alicyclic amines) is 1. The summed E-state index contributed by atoms with van der Waals surface area (Å²) in [7, 11) is 0. The van der Waals surface area contributed by atoms with Crippen molar-refractivity contribution in [2.24, 2.45) is 0 Å². The molecule has 1 aromatic carbocycles. The van der Waals surface area contributed by atoms with Gasteiger partial charge in [-0.05, 0) is 49.6 Å². The summed E-state index contributed by atoms with van der Waals surface area (Å²) in [5, 5.41) is 0.805. The van der Waals surface area contributed by atoms with Crippen LogP contribution in [0, 0.1) is 0 Å². The zero-order valence-corrected chi connectivity index (χ0v) is 14.8. The summed E-state index contributed by atoms with van der Waals surface area (Å²) in [5.41, 5.74) is 0.942. The van der Waals surface area contributed by atoms with E-state index < -0.39 is 5.63 Å². The van der Waals surface area contributed by atoms with E-state index in [1.807, 2.05) is 23.1 Å². The molecule has 1 aliphatic heterocycles. The zero-order valence-electron chi connectivity index (χ0n) is 14.8. The summed E-state index contributed by atoms with van der Waals surface area (Å²) < 4.78 is 10.8. The first-order valence-corrected chi connectivity index (χ1v) is 9.08. The van der Waals surface area contributed by atoms with Gasteiger partial charge in [-0.15, -0.1) is 0 Å². The molecule has 1 aliphatic rings. The Morgan fingerprint density at radius 1 is 1.19 bits per heavy atom. The molecule has 0 radical (unpaired) electrons. The van der Waals surface area contributed by atoms with Crippen LogP contribution in [-0.2, 0) is 4.79 Å². The lowest BCUT2D eigenvalue weighted by Crippen LogP contribution is -2.41. The number of hydrogen-bond acceptors (Lipinski definition) is 5. The molecule has 138 valence electrons. The number of amides is 1. The van der Waals surface area contributed by atoms with Crippen LogP contribution in [0.3, 0.4) is 0 Å². The Morgan fingerprint density at radius 2 is 2.07 bits per heavy atom. The van der Waals surface area contributed by atoms with Crippen LogP contribution in [0.2, 0.25) is 0 Å². The number of ether oxygens (including phenoxy) is 1. The average molecular weight is 364 g/mol. The molecule has 6 heteroatoms. The normalized spacial score (nSPS) is 17.0. The van der Waals surface area contributed by atoms with E-state index in [4.69, 9.17) is 9.15 Å². The number of nitrogens with zero attached hydrogens (tertiary/aromatic N) is 2. The van der Waals surface area contributed by atoms with Gasteiger partial charge in [0.1, 0.15) is 11.3 Å². The Bertz CT molecular complexity index is 1000. The molecule has 1 saturated heterocycles. The van der Waals surface area contributed by atoms with Crippen molar-refractivity contribution in [1.82, 2.24) is 9.88 Å². The van der Waals surface area contributed by atoms with Crippen molar-refractivity contribution >= 4 is 16.9 Å². The number of carbonyl (C=O) groups is 1. The summed E-state index contributed by atoms with van der Waals surface area (Å²) >= 11 is 0. The van der Waals surface area contributed by atoms with Crippen LogP contribution in [0.15, 0.2) is 63.9 Å². The summed E-state index contributed by atoms with van der Waals surface area (Å²) in [4.78, 5) is 30.4. The Balaban J connectivity index is 1.47. The third kappa shape index (κ3) is 3.84. The molecule has 0 N–H and O–H groups in total. The minimum absolute atomic E-state index is 0.00863. The van der Waals surface area contributed by atoms with Crippen molar-refractivity contribution in [3.63, 3.8) is 0 Å². The van der Waals surface area contributed by atoms with Gasteiger partial charge in [0.2, 0.25) is 0 Å². The zero-order chi connectivity index (χ0) is 18.6. The maximum atomic E-state index is 12.8. The molecule has 0 bridgehead atoms. The van der Waals surface area contributed by atoms with Crippen LogP contribution < -0.4 is 10.4 Å². The lowest BCUT2D eigenvalue weighted by molar-refractivity contribution is -0.137. The van der Waals surface area contributed by atoms with E-state index in [2.05, 4.69) is 4.98 Å². The number of aromatic nitrogens is 1. The smallest absolute Gasteiger partial charge is 0.336 e. The van der Waals surface area contributed by atoms with Gasteiger partial charge in [-0.1, -0.05) is 6.07 Å². The van der Waals surface area contributed by atoms with Gasteiger partial charge in [0.15, 0.2) is 6.61 Å². The predicted octanol–water partition coefficient (Wildman–Crippen LogP) is 3.32. The predicted molar refractivity (Wildman–Crippen MR) is 101 cm³/mol. The molecule has 0 aliphatic carbocycles. The second-order valence-corrected chi connectivity index (χ2v) is 6.60. The third-order valence-corrected chi connectivity index (χ3v) is 4.81. The maximum Gasteiger partial charge on any atom is 0.336 e. The first kappa shape index (κ1) is 17.3. The van der Waals surface area contributed by atoms with Gasteiger partial charge in [0, 0.05) is 30.3 Å². The molecular weight excluding hydrogens is 344 g/mol. The van der Waals surface area contributed by atoms with Crippen molar-refractivity contribution in [3.05, 3.63) is 70.8 Å². The Hall–Kier alpha value is -3.15. The first-order chi connectivity index (χ1) is 13.2. The van der Waals surface area contributed by atoms with Gasteiger partial charge >= 0.3 is 5.63 Å². The maximum absolute atomic E-state index is 12.8. The minimum Gasteiger partial charge on any atom is -0.484 e. The van der Waals surface area contributed by atoms with Gasteiger partial charge in [-0.3, -0.25) is 9.78 Å². The highest BCUT2D eigenvalue weighted by Gasteiger charge is 2.28. The molecule has 27 heavy (non-hydrogen) atoms. The fourth-order valence-electron chi connectivity index (χ4n) is 3.47. The van der Waals surface area contributed by atoms with Gasteiger partial charge in [0.25, 0.3) is 5.91 Å². The Labute approximate surface area is 156 Å². The lowest BCUT2D eigenvalue weighted by Gasteiger charge is -2.35. The highest BCUT2D eigenvalue weighted by Crippen LogP contribution is 2.29. The molecule has 2 aromatic heterocycles. The van der Waals surface area contributed by atoms with Crippen LogP contribution in [-0.4, -0.2) is 28.9 Å². The molecule has 1 unspecified atom stereocenters. The van der Waals surface area contributed by atoms with Gasteiger partial charge in [-0.25, -0.2) is 4.79 Å². The standard InChI is InChI=1S/C21H20N2O4/c24-20(23-12-4-2-6-18(23)17-5-1-3-11-22-17)14-26-16-9-7-15-8-10-21(25)27-19(15)13-16/h1,3,5,7-11,13,18H,2,4,6,12,14H2. The van der Waals surface area contributed by atoms with Crippen molar-refractivity contribution in [3.8, 4) is 5.75 Å². The molecule has 3 heterocycles. The molecule has 6 nitrogen and oxygen atoms in total. The number of piperidine rings is 1. The summed E-state index contributed by atoms with van der Waals surface area (Å²) in [6.45, 7) is 0.641. The van der Waals surface area contributed by atoms with E-state index in [1.54, 1.807) is 30.5 Å². The molecular formula is C21H20N2O4.